The molecule has 0 saturated heterocycles. The lowest BCUT2D eigenvalue weighted by Crippen LogP contribution is -2.41. The first-order valence-electron chi connectivity index (χ1n) is 2.79. The molecule has 4 heteroatoms. The summed E-state index contributed by atoms with van der Waals surface area (Å²) in [5.41, 5.74) is -1.13. The fourth-order valence-electron chi connectivity index (χ4n) is 0.667. The van der Waals surface area contributed by atoms with E-state index in [1.54, 1.807) is 6.08 Å². The van der Waals surface area contributed by atoms with Crippen LogP contribution in [0.4, 0.5) is 0 Å². The van der Waals surface area contributed by atoms with E-state index in [0.717, 1.165) is 0 Å². The van der Waals surface area contributed by atoms with E-state index in [9.17, 15) is 4.79 Å². The zero-order valence-corrected chi connectivity index (χ0v) is 6.96. The Morgan fingerprint density at radius 3 is 2.70 bits per heavy atom. The van der Waals surface area contributed by atoms with Crippen molar-refractivity contribution in [3.8, 4) is 0 Å². The van der Waals surface area contributed by atoms with Gasteiger partial charge in [-0.3, -0.25) is 0 Å². The second-order valence-electron chi connectivity index (χ2n) is 2.26. The molecule has 0 saturated carbocycles. The van der Waals surface area contributed by atoms with Gasteiger partial charge in [-0.05, 0) is 13.0 Å². The topological polar surface area (TPSA) is 46.5 Å². The molecule has 0 bridgehead atoms. The monoisotopic (exact) mass is 206 g/mol. The lowest BCUT2D eigenvalue weighted by molar-refractivity contribution is -0.154. The maximum Gasteiger partial charge on any atom is 0.349 e. The third-order valence-electron chi connectivity index (χ3n) is 1.51. The normalized spacial score (nSPS) is 37.6. The Morgan fingerprint density at radius 1 is 1.90 bits per heavy atom. The molecule has 0 aromatic carbocycles. The molecule has 3 nitrogen and oxygen atoms in total. The van der Waals surface area contributed by atoms with Crippen molar-refractivity contribution in [1.29, 1.82) is 0 Å². The highest BCUT2D eigenvalue weighted by Crippen LogP contribution is 2.29. The highest BCUT2D eigenvalue weighted by atomic mass is 79.9. The van der Waals surface area contributed by atoms with Crippen molar-refractivity contribution in [3.05, 3.63) is 12.3 Å². The lowest BCUT2D eigenvalue weighted by Gasteiger charge is -2.21. The number of halogens is 1. The molecule has 0 spiro atoms. The van der Waals surface area contributed by atoms with Crippen LogP contribution in [0.3, 0.4) is 0 Å². The zero-order valence-electron chi connectivity index (χ0n) is 5.37. The summed E-state index contributed by atoms with van der Waals surface area (Å²) < 4.78 is 4.89. The van der Waals surface area contributed by atoms with Gasteiger partial charge in [-0.1, -0.05) is 15.9 Å². The Labute approximate surface area is 66.8 Å². The minimum atomic E-state index is -1.13. The fraction of sp³-hybridized carbons (Fsp3) is 0.500. The molecule has 0 fully saturated rings. The molecule has 56 valence electrons. The Bertz CT molecular complexity index is 189. The third kappa shape index (κ3) is 0.923. The first-order valence-corrected chi connectivity index (χ1v) is 3.71. The number of hydrogen-bond acceptors (Lipinski definition) is 2. The molecule has 2 unspecified atom stereocenters. The van der Waals surface area contributed by atoms with Gasteiger partial charge in [-0.15, -0.1) is 0 Å². The van der Waals surface area contributed by atoms with Gasteiger partial charge in [0.25, 0.3) is 0 Å². The number of carbonyl (C=O) groups is 1. The van der Waals surface area contributed by atoms with E-state index in [1.165, 1.54) is 13.2 Å². The van der Waals surface area contributed by atoms with Crippen molar-refractivity contribution in [2.24, 2.45) is 0 Å². The molecular weight excluding hydrogens is 200 g/mol. The van der Waals surface area contributed by atoms with Crippen molar-refractivity contribution in [3.63, 3.8) is 0 Å². The smallest absolute Gasteiger partial charge is 0.349 e. The van der Waals surface area contributed by atoms with Crippen LogP contribution in [-0.2, 0) is 9.53 Å². The maximum absolute atomic E-state index is 10.5. The van der Waals surface area contributed by atoms with Gasteiger partial charge in [0.15, 0.2) is 0 Å². The van der Waals surface area contributed by atoms with Gasteiger partial charge in [0.2, 0.25) is 5.60 Å². The SMILES string of the molecule is CC1(C(=O)O)OC=CC1Br. The second-order valence-corrected chi connectivity index (χ2v) is 3.25. The molecule has 1 aliphatic rings. The summed E-state index contributed by atoms with van der Waals surface area (Å²) in [5, 5.41) is 8.65. The van der Waals surface area contributed by atoms with Crippen LogP contribution in [0.15, 0.2) is 12.3 Å². The van der Waals surface area contributed by atoms with Crippen LogP contribution >= 0.6 is 15.9 Å². The molecule has 1 N–H and O–H groups in total. The number of hydrogen-bond donors (Lipinski definition) is 1. The highest BCUT2D eigenvalue weighted by Gasteiger charge is 2.43. The van der Waals surface area contributed by atoms with E-state index in [0.29, 0.717) is 0 Å². The summed E-state index contributed by atoms with van der Waals surface area (Å²) >= 11 is 3.17. The summed E-state index contributed by atoms with van der Waals surface area (Å²) in [6.07, 6.45) is 3.06. The van der Waals surface area contributed by atoms with E-state index in [2.05, 4.69) is 15.9 Å². The average molecular weight is 207 g/mol. The first-order chi connectivity index (χ1) is 4.57. The predicted molar refractivity (Wildman–Crippen MR) is 39.0 cm³/mol. The minimum absolute atomic E-state index is 0.238. The van der Waals surface area contributed by atoms with Crippen LogP contribution in [0, 0.1) is 0 Å². The fourth-order valence-corrected chi connectivity index (χ4v) is 1.09. The minimum Gasteiger partial charge on any atom is -0.482 e. The molecule has 1 rings (SSSR count). The highest BCUT2D eigenvalue weighted by molar-refractivity contribution is 9.09. The van der Waals surface area contributed by atoms with E-state index < -0.39 is 11.6 Å². The van der Waals surface area contributed by atoms with Crippen molar-refractivity contribution in [2.45, 2.75) is 17.4 Å². The maximum atomic E-state index is 10.5. The number of alkyl halides is 1. The predicted octanol–water partition coefficient (Wildman–Crippen LogP) is 1.14. The van der Waals surface area contributed by atoms with E-state index in [4.69, 9.17) is 9.84 Å². The van der Waals surface area contributed by atoms with Gasteiger partial charge < -0.3 is 9.84 Å². The summed E-state index contributed by atoms with van der Waals surface area (Å²) in [4.78, 5) is 10.3. The van der Waals surface area contributed by atoms with Gasteiger partial charge in [0.1, 0.15) is 0 Å². The quantitative estimate of drug-likeness (QED) is 0.655. The second kappa shape index (κ2) is 2.27. The van der Waals surface area contributed by atoms with Crippen LogP contribution in [-0.4, -0.2) is 21.5 Å². The molecule has 0 radical (unpaired) electrons. The molecule has 0 aliphatic carbocycles. The number of carboxylic acids is 1. The van der Waals surface area contributed by atoms with Gasteiger partial charge >= 0.3 is 5.97 Å². The Balaban J connectivity index is 2.80. The summed E-state index contributed by atoms with van der Waals surface area (Å²) in [6, 6.07) is 0. The van der Waals surface area contributed by atoms with Gasteiger partial charge in [0, 0.05) is 0 Å². The third-order valence-corrected chi connectivity index (χ3v) is 2.69. The van der Waals surface area contributed by atoms with Gasteiger partial charge in [-0.2, -0.15) is 0 Å². The summed E-state index contributed by atoms with van der Waals surface area (Å²) in [5.74, 6) is -0.959. The number of ether oxygens (including phenoxy) is 1. The van der Waals surface area contributed by atoms with Crippen LogP contribution < -0.4 is 0 Å². The summed E-state index contributed by atoms with van der Waals surface area (Å²) in [7, 11) is 0. The molecule has 2 atom stereocenters. The van der Waals surface area contributed by atoms with E-state index in [1.807, 2.05) is 0 Å². The van der Waals surface area contributed by atoms with Crippen molar-refractivity contribution < 1.29 is 14.6 Å². The molecule has 10 heavy (non-hydrogen) atoms. The molecule has 0 aromatic heterocycles. The average Bonchev–Trinajstić information content (AvgIpc) is 2.15. The molecular formula is C6H7BrO3. The van der Waals surface area contributed by atoms with Crippen LogP contribution in [0.5, 0.6) is 0 Å². The van der Waals surface area contributed by atoms with Gasteiger partial charge in [0.05, 0.1) is 11.1 Å². The summed E-state index contributed by atoms with van der Waals surface area (Å²) in [6.45, 7) is 1.52. The Kier molecular flexibility index (Phi) is 1.72. The first kappa shape index (κ1) is 7.60. The zero-order chi connectivity index (χ0) is 7.78. The van der Waals surface area contributed by atoms with Gasteiger partial charge in [-0.25, -0.2) is 4.79 Å². The van der Waals surface area contributed by atoms with Crippen molar-refractivity contribution in [1.82, 2.24) is 0 Å². The standard InChI is InChI=1S/C6H7BrO3/c1-6(5(8)9)4(7)2-3-10-6/h2-4H,1H3,(H,8,9). The van der Waals surface area contributed by atoms with E-state index >= 15 is 0 Å². The lowest BCUT2D eigenvalue weighted by atomic mass is 10.0. The number of rotatable bonds is 1. The Hall–Kier alpha value is -0.510. The largest absolute Gasteiger partial charge is 0.482 e. The molecule has 0 amide bonds. The molecule has 0 aromatic rings. The van der Waals surface area contributed by atoms with Crippen molar-refractivity contribution in [2.75, 3.05) is 0 Å². The van der Waals surface area contributed by atoms with E-state index in [-0.39, 0.29) is 4.83 Å². The number of carboxylic acid groups (broad SMARTS) is 1. The Morgan fingerprint density at radius 2 is 2.50 bits per heavy atom. The number of aliphatic carboxylic acids is 1. The van der Waals surface area contributed by atoms with Crippen LogP contribution in [0.1, 0.15) is 6.92 Å². The van der Waals surface area contributed by atoms with Crippen LogP contribution in [0.25, 0.3) is 0 Å². The molecule has 1 aliphatic heterocycles. The van der Waals surface area contributed by atoms with Crippen LogP contribution in [0.2, 0.25) is 0 Å². The molecule has 1 heterocycles. The van der Waals surface area contributed by atoms with Crippen molar-refractivity contribution >= 4 is 21.9 Å².